The molecule has 1 aliphatic heterocycles. The topological polar surface area (TPSA) is 89.5 Å². The standard InChI is InChI=1S/C27H36N2O6/c1-32-20-10-8-19(9-11-20)28-24(30)17-29-14-13-27(31)12-6-5-7-21(27)25(29)18-15-22(33-2)26(35-4)23(16-18)34-3/h8-11,15-16,21,25,31H,5-7,12-14,17H2,1-4H3,(H,28,30)/t21-,25-,27-/m1/s1. The van der Waals surface area contributed by atoms with E-state index in [4.69, 9.17) is 18.9 Å². The molecule has 3 atom stereocenters. The Hall–Kier alpha value is -2.97. The number of carbonyl (C=O) groups excluding carboxylic acids is 1. The lowest BCUT2D eigenvalue weighted by molar-refractivity contribution is -0.135. The van der Waals surface area contributed by atoms with E-state index in [1.165, 1.54) is 0 Å². The van der Waals surface area contributed by atoms with E-state index < -0.39 is 5.60 Å². The number of aliphatic hydroxyl groups is 1. The van der Waals surface area contributed by atoms with Crippen LogP contribution < -0.4 is 24.3 Å². The Morgan fingerprint density at radius 1 is 1.00 bits per heavy atom. The van der Waals surface area contributed by atoms with Crippen molar-refractivity contribution in [1.29, 1.82) is 0 Å². The lowest BCUT2D eigenvalue weighted by Crippen LogP contribution is -2.56. The van der Waals surface area contributed by atoms with Crippen molar-refractivity contribution in [3.63, 3.8) is 0 Å². The van der Waals surface area contributed by atoms with Gasteiger partial charge >= 0.3 is 0 Å². The fourth-order valence-corrected chi connectivity index (χ4v) is 5.69. The number of rotatable bonds is 8. The predicted molar refractivity (Wildman–Crippen MR) is 134 cm³/mol. The molecule has 0 bridgehead atoms. The van der Waals surface area contributed by atoms with Gasteiger partial charge in [0.05, 0.1) is 40.6 Å². The average molecular weight is 485 g/mol. The average Bonchev–Trinajstić information content (AvgIpc) is 2.88. The van der Waals surface area contributed by atoms with Crippen LogP contribution in [-0.2, 0) is 4.79 Å². The predicted octanol–water partition coefficient (Wildman–Crippen LogP) is 4.03. The van der Waals surface area contributed by atoms with Crippen LogP contribution in [0.15, 0.2) is 36.4 Å². The van der Waals surface area contributed by atoms with Crippen LogP contribution in [0.25, 0.3) is 0 Å². The van der Waals surface area contributed by atoms with E-state index in [0.717, 1.165) is 37.0 Å². The number of methoxy groups -OCH3 is 4. The number of ether oxygens (including phenoxy) is 4. The van der Waals surface area contributed by atoms with Crippen molar-refractivity contribution in [3.05, 3.63) is 42.0 Å². The maximum atomic E-state index is 13.1. The van der Waals surface area contributed by atoms with Crippen LogP contribution in [0.5, 0.6) is 23.0 Å². The molecule has 2 N–H and O–H groups in total. The Morgan fingerprint density at radius 3 is 2.29 bits per heavy atom. The van der Waals surface area contributed by atoms with Crippen LogP contribution in [-0.4, -0.2) is 63.0 Å². The van der Waals surface area contributed by atoms with Crippen molar-refractivity contribution >= 4 is 11.6 Å². The number of carbonyl (C=O) groups is 1. The van der Waals surface area contributed by atoms with E-state index in [2.05, 4.69) is 10.2 Å². The largest absolute Gasteiger partial charge is 0.497 e. The van der Waals surface area contributed by atoms with Gasteiger partial charge in [0.25, 0.3) is 0 Å². The minimum Gasteiger partial charge on any atom is -0.497 e. The summed E-state index contributed by atoms with van der Waals surface area (Å²) >= 11 is 0. The smallest absolute Gasteiger partial charge is 0.238 e. The maximum absolute atomic E-state index is 13.1. The van der Waals surface area contributed by atoms with Gasteiger partial charge in [-0.2, -0.15) is 0 Å². The van der Waals surface area contributed by atoms with E-state index in [0.29, 0.717) is 35.9 Å². The molecule has 4 rings (SSSR count). The summed E-state index contributed by atoms with van der Waals surface area (Å²) in [5.41, 5.74) is 0.916. The number of hydrogen-bond acceptors (Lipinski definition) is 7. The molecule has 2 aromatic carbocycles. The Labute approximate surface area is 207 Å². The highest BCUT2D eigenvalue weighted by molar-refractivity contribution is 5.92. The molecule has 35 heavy (non-hydrogen) atoms. The van der Waals surface area contributed by atoms with Gasteiger partial charge in [-0.15, -0.1) is 0 Å². The minimum absolute atomic E-state index is 0.00148. The van der Waals surface area contributed by atoms with Crippen LogP contribution in [0, 0.1) is 5.92 Å². The Morgan fingerprint density at radius 2 is 1.69 bits per heavy atom. The monoisotopic (exact) mass is 484 g/mol. The highest BCUT2D eigenvalue weighted by Crippen LogP contribution is 2.51. The number of nitrogens with one attached hydrogen (secondary N) is 1. The molecular weight excluding hydrogens is 448 g/mol. The normalized spacial score (nSPS) is 24.3. The molecule has 1 saturated carbocycles. The molecule has 8 heteroatoms. The first kappa shape index (κ1) is 25.1. The number of nitrogens with zero attached hydrogens (tertiary/aromatic N) is 1. The summed E-state index contributed by atoms with van der Waals surface area (Å²) in [6.45, 7) is 0.824. The Kier molecular flexibility index (Phi) is 7.72. The summed E-state index contributed by atoms with van der Waals surface area (Å²) < 4.78 is 21.9. The quantitative estimate of drug-likeness (QED) is 0.585. The zero-order valence-electron chi connectivity index (χ0n) is 21.0. The van der Waals surface area contributed by atoms with Gasteiger partial charge in [0, 0.05) is 24.2 Å². The molecule has 1 heterocycles. The van der Waals surface area contributed by atoms with Gasteiger partial charge in [-0.3, -0.25) is 9.69 Å². The second kappa shape index (κ2) is 10.7. The van der Waals surface area contributed by atoms with E-state index in [9.17, 15) is 9.90 Å². The summed E-state index contributed by atoms with van der Waals surface area (Å²) in [5.74, 6) is 2.29. The fraction of sp³-hybridized carbons (Fsp3) is 0.519. The van der Waals surface area contributed by atoms with Crippen molar-refractivity contribution in [3.8, 4) is 23.0 Å². The molecule has 2 fully saturated rings. The van der Waals surface area contributed by atoms with Crippen molar-refractivity contribution in [1.82, 2.24) is 4.90 Å². The fourth-order valence-electron chi connectivity index (χ4n) is 5.69. The molecule has 0 unspecified atom stereocenters. The van der Waals surface area contributed by atoms with Crippen molar-refractivity contribution in [2.24, 2.45) is 5.92 Å². The molecule has 1 saturated heterocycles. The van der Waals surface area contributed by atoms with E-state index in [1.807, 2.05) is 36.4 Å². The first-order valence-corrected chi connectivity index (χ1v) is 12.1. The number of benzene rings is 2. The summed E-state index contributed by atoms with van der Waals surface area (Å²) in [5, 5.41) is 14.6. The van der Waals surface area contributed by atoms with Gasteiger partial charge < -0.3 is 29.4 Å². The third-order valence-electron chi connectivity index (χ3n) is 7.42. The molecule has 0 aromatic heterocycles. The lowest BCUT2D eigenvalue weighted by atomic mass is 9.66. The first-order chi connectivity index (χ1) is 16.9. The van der Waals surface area contributed by atoms with E-state index in [1.54, 1.807) is 28.4 Å². The third-order valence-corrected chi connectivity index (χ3v) is 7.42. The maximum Gasteiger partial charge on any atom is 0.238 e. The third kappa shape index (κ3) is 5.18. The van der Waals surface area contributed by atoms with Gasteiger partial charge in [0.1, 0.15) is 5.75 Å². The van der Waals surface area contributed by atoms with Gasteiger partial charge in [0.2, 0.25) is 11.7 Å². The molecule has 2 aliphatic rings. The number of fused-ring (bicyclic) bond motifs is 1. The van der Waals surface area contributed by atoms with E-state index in [-0.39, 0.29) is 24.4 Å². The number of likely N-dealkylation sites (tertiary alicyclic amines) is 1. The summed E-state index contributed by atoms with van der Waals surface area (Å²) in [6.07, 6.45) is 4.40. The van der Waals surface area contributed by atoms with Crippen LogP contribution in [0.3, 0.4) is 0 Å². The molecule has 8 nitrogen and oxygen atoms in total. The summed E-state index contributed by atoms with van der Waals surface area (Å²) in [4.78, 5) is 15.3. The summed E-state index contributed by atoms with van der Waals surface area (Å²) in [6, 6.07) is 11.0. The highest BCUT2D eigenvalue weighted by atomic mass is 16.5. The number of piperidine rings is 1. The Balaban J connectivity index is 1.65. The molecule has 0 spiro atoms. The lowest BCUT2D eigenvalue weighted by Gasteiger charge is -2.52. The van der Waals surface area contributed by atoms with Crippen LogP contribution in [0.1, 0.15) is 43.7 Å². The second-order valence-corrected chi connectivity index (χ2v) is 9.36. The SMILES string of the molecule is COc1ccc(NC(=O)CN2CC[C@]3(O)CCCC[C@@H]3[C@H]2c2cc(OC)c(OC)c(OC)c2)cc1. The zero-order chi connectivity index (χ0) is 25.0. The molecule has 0 radical (unpaired) electrons. The molecule has 190 valence electrons. The molecule has 1 amide bonds. The molecule has 1 aliphatic carbocycles. The zero-order valence-corrected chi connectivity index (χ0v) is 21.0. The number of amides is 1. The highest BCUT2D eigenvalue weighted by Gasteiger charge is 2.49. The van der Waals surface area contributed by atoms with Gasteiger partial charge in [-0.1, -0.05) is 12.8 Å². The second-order valence-electron chi connectivity index (χ2n) is 9.36. The van der Waals surface area contributed by atoms with Gasteiger partial charge in [-0.25, -0.2) is 0 Å². The first-order valence-electron chi connectivity index (χ1n) is 12.1. The van der Waals surface area contributed by atoms with Crippen molar-refractivity contribution in [2.45, 2.75) is 43.7 Å². The molecule has 2 aromatic rings. The number of hydrogen-bond donors (Lipinski definition) is 2. The van der Waals surface area contributed by atoms with Crippen LogP contribution in [0.2, 0.25) is 0 Å². The minimum atomic E-state index is -0.744. The van der Waals surface area contributed by atoms with Crippen molar-refractivity contribution < 1.29 is 28.8 Å². The summed E-state index contributed by atoms with van der Waals surface area (Å²) in [7, 11) is 6.38. The van der Waals surface area contributed by atoms with Crippen LogP contribution >= 0.6 is 0 Å². The van der Waals surface area contributed by atoms with Gasteiger partial charge in [-0.05, 0) is 61.2 Å². The van der Waals surface area contributed by atoms with Crippen molar-refractivity contribution in [2.75, 3.05) is 46.8 Å². The van der Waals surface area contributed by atoms with Gasteiger partial charge in [0.15, 0.2) is 11.5 Å². The molecular formula is C27H36N2O6. The van der Waals surface area contributed by atoms with E-state index >= 15 is 0 Å². The van der Waals surface area contributed by atoms with Crippen LogP contribution in [0.4, 0.5) is 5.69 Å². The Bertz CT molecular complexity index is 1000. The number of anilines is 1.